The predicted octanol–water partition coefficient (Wildman–Crippen LogP) is 7.41. The molecule has 38 heavy (non-hydrogen) atoms. The van der Waals surface area contributed by atoms with Crippen LogP contribution in [0.25, 0.3) is 0 Å². The smallest absolute Gasteiger partial charge is 0.254 e. The maximum Gasteiger partial charge on any atom is 0.254 e. The average molecular weight is 506 g/mol. The number of ether oxygens (including phenoxy) is 2. The zero-order valence-electron chi connectivity index (χ0n) is 22.1. The van der Waals surface area contributed by atoms with Crippen molar-refractivity contribution in [2.24, 2.45) is 5.92 Å². The van der Waals surface area contributed by atoms with E-state index in [-0.39, 0.29) is 11.9 Å². The van der Waals surface area contributed by atoms with E-state index in [0.717, 1.165) is 72.4 Å². The molecule has 1 amide bonds. The minimum Gasteiger partial charge on any atom is -0.486 e. The second kappa shape index (κ2) is 10.9. The van der Waals surface area contributed by atoms with Gasteiger partial charge < -0.3 is 14.4 Å². The zero-order chi connectivity index (χ0) is 25.9. The highest BCUT2D eigenvalue weighted by atomic mass is 16.6. The standard InChI is InChI=1S/C34H35NO3/c1-24-15-18-26-19-16-25(23-29-13-8-14-31-33(29)38-22-21-37-31)17-20-30(26)34(36)35(24)32(27-9-4-2-5-10-27)28-11-6-3-7-12-28/h2-15,25,32H,16-23H2,1H3. The number of fused-ring (bicyclic) bond motifs is 1. The van der Waals surface area contributed by atoms with Gasteiger partial charge in [0.05, 0.1) is 6.04 Å². The molecule has 4 nitrogen and oxygen atoms in total. The first-order valence-electron chi connectivity index (χ1n) is 13.9. The molecule has 194 valence electrons. The van der Waals surface area contributed by atoms with Crippen LogP contribution in [0.4, 0.5) is 0 Å². The summed E-state index contributed by atoms with van der Waals surface area (Å²) >= 11 is 0. The second-order valence-electron chi connectivity index (χ2n) is 10.6. The summed E-state index contributed by atoms with van der Waals surface area (Å²) in [5.41, 5.74) is 6.85. The Hall–Kier alpha value is -3.79. The molecule has 0 aromatic heterocycles. The van der Waals surface area contributed by atoms with Crippen LogP contribution in [0, 0.1) is 5.92 Å². The number of amides is 1. The topological polar surface area (TPSA) is 38.8 Å². The summed E-state index contributed by atoms with van der Waals surface area (Å²) in [5.74, 6) is 2.44. The van der Waals surface area contributed by atoms with E-state index in [1.54, 1.807) is 0 Å². The van der Waals surface area contributed by atoms with E-state index < -0.39 is 0 Å². The van der Waals surface area contributed by atoms with Crippen LogP contribution in [0.5, 0.6) is 11.5 Å². The highest BCUT2D eigenvalue weighted by Crippen LogP contribution is 2.41. The molecule has 1 atom stereocenters. The molecular weight excluding hydrogens is 470 g/mol. The van der Waals surface area contributed by atoms with Gasteiger partial charge in [0, 0.05) is 11.3 Å². The molecule has 2 heterocycles. The Bertz CT molecular complexity index is 1320. The fourth-order valence-corrected chi connectivity index (χ4v) is 6.25. The summed E-state index contributed by atoms with van der Waals surface area (Å²) in [6, 6.07) is 26.9. The fraction of sp³-hybridized carbons (Fsp3) is 0.324. The number of nitrogens with zero attached hydrogens (tertiary/aromatic N) is 1. The summed E-state index contributed by atoms with van der Waals surface area (Å²) in [7, 11) is 0. The Labute approximate surface area is 225 Å². The minimum atomic E-state index is -0.153. The van der Waals surface area contributed by atoms with E-state index in [9.17, 15) is 4.79 Å². The molecule has 3 aromatic carbocycles. The first kappa shape index (κ1) is 24.5. The molecule has 0 spiro atoms. The predicted molar refractivity (Wildman–Crippen MR) is 150 cm³/mol. The van der Waals surface area contributed by atoms with Crippen LogP contribution in [0.1, 0.15) is 61.8 Å². The lowest BCUT2D eigenvalue weighted by molar-refractivity contribution is -0.126. The van der Waals surface area contributed by atoms with Crippen molar-refractivity contribution in [1.29, 1.82) is 0 Å². The lowest BCUT2D eigenvalue weighted by atomic mass is 9.90. The van der Waals surface area contributed by atoms with Gasteiger partial charge in [0.2, 0.25) is 0 Å². The van der Waals surface area contributed by atoms with Gasteiger partial charge in [0.1, 0.15) is 13.2 Å². The Morgan fingerprint density at radius 3 is 2.26 bits per heavy atom. The molecule has 4 heteroatoms. The fourth-order valence-electron chi connectivity index (χ4n) is 6.25. The monoisotopic (exact) mass is 505 g/mol. The van der Waals surface area contributed by atoms with Crippen molar-refractivity contribution in [2.45, 2.75) is 51.5 Å². The molecule has 3 aromatic rings. The van der Waals surface area contributed by atoms with Gasteiger partial charge in [-0.1, -0.05) is 84.4 Å². The van der Waals surface area contributed by atoms with Gasteiger partial charge in [0.15, 0.2) is 11.5 Å². The maximum atomic E-state index is 14.4. The Balaban J connectivity index is 1.27. The normalized spacial score (nSPS) is 19.5. The summed E-state index contributed by atoms with van der Waals surface area (Å²) in [4.78, 5) is 16.4. The highest BCUT2D eigenvalue weighted by Gasteiger charge is 2.34. The molecule has 1 unspecified atom stereocenters. The van der Waals surface area contributed by atoms with Crippen LogP contribution >= 0.6 is 0 Å². The molecule has 0 fully saturated rings. The first-order valence-corrected chi connectivity index (χ1v) is 13.9. The zero-order valence-corrected chi connectivity index (χ0v) is 22.1. The van der Waals surface area contributed by atoms with E-state index in [0.29, 0.717) is 19.1 Å². The summed E-state index contributed by atoms with van der Waals surface area (Å²) in [6.45, 7) is 3.30. The first-order chi connectivity index (χ1) is 18.7. The third-order valence-corrected chi connectivity index (χ3v) is 8.23. The number of allylic oxidation sites excluding steroid dienone is 3. The number of hydrogen-bond donors (Lipinski definition) is 0. The van der Waals surface area contributed by atoms with Crippen molar-refractivity contribution < 1.29 is 14.3 Å². The molecule has 6 rings (SSSR count). The van der Waals surface area contributed by atoms with Crippen LogP contribution in [0.3, 0.4) is 0 Å². The number of benzene rings is 3. The maximum absolute atomic E-state index is 14.4. The van der Waals surface area contributed by atoms with Crippen molar-refractivity contribution in [3.05, 3.63) is 118 Å². The Morgan fingerprint density at radius 2 is 1.53 bits per heavy atom. The van der Waals surface area contributed by atoms with Crippen molar-refractivity contribution in [3.63, 3.8) is 0 Å². The molecule has 0 saturated heterocycles. The van der Waals surface area contributed by atoms with E-state index in [4.69, 9.17) is 9.47 Å². The van der Waals surface area contributed by atoms with Crippen LogP contribution < -0.4 is 9.47 Å². The Kier molecular flexibility index (Phi) is 7.04. The number of para-hydroxylation sites is 1. The van der Waals surface area contributed by atoms with Crippen molar-refractivity contribution in [1.82, 2.24) is 4.90 Å². The van der Waals surface area contributed by atoms with Gasteiger partial charge in [-0.05, 0) is 74.1 Å². The molecule has 0 N–H and O–H groups in total. The lowest BCUT2D eigenvalue weighted by Gasteiger charge is -2.33. The SMILES string of the molecule is CC1=CCC2=C(CCC(Cc3cccc4c3OCCO4)CC2)C(=O)N1C(c1ccccc1)c1ccccc1. The van der Waals surface area contributed by atoms with Gasteiger partial charge in [-0.25, -0.2) is 0 Å². The lowest BCUT2D eigenvalue weighted by Crippen LogP contribution is -2.35. The van der Waals surface area contributed by atoms with E-state index in [2.05, 4.69) is 73.7 Å². The number of carbonyl (C=O) groups excluding carboxylic acids is 1. The van der Waals surface area contributed by atoms with Crippen LogP contribution in [-0.4, -0.2) is 24.0 Å². The van der Waals surface area contributed by atoms with Gasteiger partial charge >= 0.3 is 0 Å². The Morgan fingerprint density at radius 1 is 0.842 bits per heavy atom. The number of carbonyl (C=O) groups is 1. The molecular formula is C34H35NO3. The van der Waals surface area contributed by atoms with Gasteiger partial charge in [0.25, 0.3) is 5.91 Å². The summed E-state index contributed by atoms with van der Waals surface area (Å²) in [6.07, 6.45) is 7.95. The summed E-state index contributed by atoms with van der Waals surface area (Å²) < 4.78 is 11.8. The molecule has 0 radical (unpaired) electrons. The quantitative estimate of drug-likeness (QED) is 0.362. The molecule has 0 bridgehead atoms. The van der Waals surface area contributed by atoms with Crippen molar-refractivity contribution >= 4 is 5.91 Å². The van der Waals surface area contributed by atoms with Crippen LogP contribution in [-0.2, 0) is 11.2 Å². The highest BCUT2D eigenvalue weighted by molar-refractivity contribution is 5.96. The minimum absolute atomic E-state index is 0.153. The van der Waals surface area contributed by atoms with E-state index in [1.807, 2.05) is 23.1 Å². The summed E-state index contributed by atoms with van der Waals surface area (Å²) in [5, 5.41) is 0. The largest absolute Gasteiger partial charge is 0.486 e. The molecule has 3 aliphatic rings. The molecule has 0 saturated carbocycles. The van der Waals surface area contributed by atoms with Crippen molar-refractivity contribution in [2.75, 3.05) is 13.2 Å². The third kappa shape index (κ3) is 4.88. The number of hydrogen-bond acceptors (Lipinski definition) is 3. The number of rotatable bonds is 5. The molecule has 2 aliphatic heterocycles. The average Bonchev–Trinajstić information content (AvgIpc) is 3.23. The second-order valence-corrected chi connectivity index (χ2v) is 10.6. The van der Waals surface area contributed by atoms with Gasteiger partial charge in [-0.2, -0.15) is 0 Å². The van der Waals surface area contributed by atoms with Crippen LogP contribution in [0.2, 0.25) is 0 Å². The van der Waals surface area contributed by atoms with E-state index >= 15 is 0 Å². The van der Waals surface area contributed by atoms with E-state index in [1.165, 1.54) is 11.1 Å². The third-order valence-electron chi connectivity index (χ3n) is 8.23. The van der Waals surface area contributed by atoms with Gasteiger partial charge in [-0.3, -0.25) is 4.79 Å². The van der Waals surface area contributed by atoms with Crippen molar-refractivity contribution in [3.8, 4) is 11.5 Å². The van der Waals surface area contributed by atoms with Crippen LogP contribution in [0.15, 0.2) is 102 Å². The van der Waals surface area contributed by atoms with Gasteiger partial charge in [-0.15, -0.1) is 0 Å². The molecule has 1 aliphatic carbocycles.